The standard InChI is InChI=1S/C7H11N2O/c1-9(2,10)7-3-5-8-6-4-7/h3-6,10H,1-2H3/q+1. The number of hydrogen-bond donors (Lipinski definition) is 1. The van der Waals surface area contributed by atoms with Crippen molar-refractivity contribution >= 4 is 5.69 Å². The van der Waals surface area contributed by atoms with Crippen LogP contribution in [0.1, 0.15) is 0 Å². The van der Waals surface area contributed by atoms with Crippen LogP contribution in [0.3, 0.4) is 0 Å². The lowest BCUT2D eigenvalue weighted by Gasteiger charge is -2.17. The monoisotopic (exact) mass is 139 g/mol. The average Bonchev–Trinajstić information content (AvgIpc) is 1.88. The second kappa shape index (κ2) is 2.36. The Balaban J connectivity index is 2.97. The third-order valence-electron chi connectivity index (χ3n) is 1.29. The zero-order valence-corrected chi connectivity index (χ0v) is 6.15. The quantitative estimate of drug-likeness (QED) is 0.465. The summed E-state index contributed by atoms with van der Waals surface area (Å²) in [6, 6.07) is 3.56. The minimum atomic E-state index is -0.150. The molecule has 0 unspecified atom stereocenters. The molecule has 0 spiro atoms. The van der Waals surface area contributed by atoms with E-state index in [1.807, 2.05) is 0 Å². The summed E-state index contributed by atoms with van der Waals surface area (Å²) in [6.07, 6.45) is 3.32. The molecular weight excluding hydrogens is 128 g/mol. The van der Waals surface area contributed by atoms with Crippen molar-refractivity contribution in [3.05, 3.63) is 24.5 Å². The molecule has 0 saturated carbocycles. The summed E-state index contributed by atoms with van der Waals surface area (Å²) in [7, 11) is 3.38. The maximum atomic E-state index is 9.40. The van der Waals surface area contributed by atoms with Gasteiger partial charge in [-0.1, -0.05) is 0 Å². The molecule has 0 aliphatic heterocycles. The Morgan fingerprint density at radius 2 is 1.80 bits per heavy atom. The van der Waals surface area contributed by atoms with Gasteiger partial charge in [0, 0.05) is 24.5 Å². The lowest BCUT2D eigenvalue weighted by Crippen LogP contribution is -2.35. The van der Waals surface area contributed by atoms with Crippen molar-refractivity contribution < 1.29 is 5.21 Å². The number of hydroxylamine groups is 2. The van der Waals surface area contributed by atoms with Crippen LogP contribution in [0.2, 0.25) is 0 Å². The molecule has 0 atom stereocenters. The summed E-state index contributed by atoms with van der Waals surface area (Å²) in [5.41, 5.74) is 0.829. The molecule has 0 aromatic carbocycles. The first-order chi connectivity index (χ1) is 4.61. The fraction of sp³-hybridized carbons (Fsp3) is 0.286. The minimum absolute atomic E-state index is 0.150. The molecule has 1 aromatic rings. The number of aromatic nitrogens is 1. The van der Waals surface area contributed by atoms with Gasteiger partial charge in [0.2, 0.25) is 0 Å². The Morgan fingerprint density at radius 3 is 2.10 bits per heavy atom. The summed E-state index contributed by atoms with van der Waals surface area (Å²) >= 11 is 0. The third kappa shape index (κ3) is 1.52. The van der Waals surface area contributed by atoms with Crippen molar-refractivity contribution in [2.75, 3.05) is 14.1 Å². The van der Waals surface area contributed by atoms with Crippen LogP contribution in [0.4, 0.5) is 5.69 Å². The fourth-order valence-electron chi connectivity index (χ4n) is 0.709. The van der Waals surface area contributed by atoms with Gasteiger partial charge in [-0.05, 0) is 0 Å². The molecule has 0 fully saturated rings. The van der Waals surface area contributed by atoms with E-state index in [4.69, 9.17) is 0 Å². The highest BCUT2D eigenvalue weighted by Gasteiger charge is 2.13. The van der Waals surface area contributed by atoms with E-state index in [1.54, 1.807) is 38.6 Å². The van der Waals surface area contributed by atoms with Gasteiger partial charge in [-0.2, -0.15) is 4.65 Å². The zero-order chi connectivity index (χ0) is 7.61. The zero-order valence-electron chi connectivity index (χ0n) is 6.15. The van der Waals surface area contributed by atoms with Gasteiger partial charge >= 0.3 is 0 Å². The van der Waals surface area contributed by atoms with Crippen LogP contribution in [-0.2, 0) is 0 Å². The lowest BCUT2D eigenvalue weighted by molar-refractivity contribution is -0.0283. The third-order valence-corrected chi connectivity index (χ3v) is 1.29. The van der Waals surface area contributed by atoms with Gasteiger partial charge in [-0.25, -0.2) is 5.21 Å². The Labute approximate surface area is 60.1 Å². The van der Waals surface area contributed by atoms with Crippen LogP contribution in [-0.4, -0.2) is 24.3 Å². The van der Waals surface area contributed by atoms with E-state index in [-0.39, 0.29) is 4.65 Å². The molecule has 10 heavy (non-hydrogen) atoms. The molecule has 1 rings (SSSR count). The number of nitrogens with zero attached hydrogens (tertiary/aromatic N) is 2. The first-order valence-electron chi connectivity index (χ1n) is 3.08. The van der Waals surface area contributed by atoms with Gasteiger partial charge in [-0.3, -0.25) is 4.98 Å². The molecule has 0 radical (unpaired) electrons. The van der Waals surface area contributed by atoms with Crippen LogP contribution in [0.25, 0.3) is 0 Å². The van der Waals surface area contributed by atoms with Crippen molar-refractivity contribution in [2.24, 2.45) is 0 Å². The SMILES string of the molecule is C[N+](C)(O)c1ccncc1. The molecule has 0 aliphatic carbocycles. The molecule has 3 heteroatoms. The largest absolute Gasteiger partial charge is 0.264 e. The van der Waals surface area contributed by atoms with Crippen LogP contribution in [0, 0.1) is 0 Å². The Bertz CT molecular complexity index is 203. The van der Waals surface area contributed by atoms with E-state index in [2.05, 4.69) is 4.98 Å². The predicted molar refractivity (Wildman–Crippen MR) is 39.7 cm³/mol. The molecule has 3 nitrogen and oxygen atoms in total. The average molecular weight is 139 g/mol. The van der Waals surface area contributed by atoms with Crippen LogP contribution < -0.4 is 4.65 Å². The molecule has 0 amide bonds. The molecule has 0 saturated heterocycles. The summed E-state index contributed by atoms with van der Waals surface area (Å²) in [4.78, 5) is 3.84. The highest BCUT2D eigenvalue weighted by atomic mass is 16.5. The fourth-order valence-corrected chi connectivity index (χ4v) is 0.709. The van der Waals surface area contributed by atoms with E-state index in [0.717, 1.165) is 5.69 Å². The molecular formula is C7H11N2O+. The molecule has 1 N–H and O–H groups in total. The van der Waals surface area contributed by atoms with Crippen molar-refractivity contribution in [1.29, 1.82) is 0 Å². The highest BCUT2D eigenvalue weighted by Crippen LogP contribution is 2.12. The Kier molecular flexibility index (Phi) is 1.70. The van der Waals surface area contributed by atoms with Crippen LogP contribution in [0.15, 0.2) is 24.5 Å². The summed E-state index contributed by atoms with van der Waals surface area (Å²) < 4.78 is -0.150. The van der Waals surface area contributed by atoms with E-state index in [1.165, 1.54) is 0 Å². The maximum Gasteiger partial charge on any atom is 0.167 e. The number of pyridine rings is 1. The molecule has 54 valence electrons. The maximum absolute atomic E-state index is 9.40. The number of quaternary nitrogens is 1. The number of hydrogen-bond acceptors (Lipinski definition) is 2. The second-order valence-electron chi connectivity index (χ2n) is 2.60. The molecule has 1 aromatic heterocycles. The first-order valence-corrected chi connectivity index (χ1v) is 3.08. The van der Waals surface area contributed by atoms with Crippen molar-refractivity contribution in [1.82, 2.24) is 9.63 Å². The lowest BCUT2D eigenvalue weighted by atomic mass is 10.4. The Hall–Kier alpha value is -0.930. The minimum Gasteiger partial charge on any atom is -0.264 e. The van der Waals surface area contributed by atoms with Crippen LogP contribution >= 0.6 is 0 Å². The molecule has 0 bridgehead atoms. The van der Waals surface area contributed by atoms with Crippen LogP contribution in [0.5, 0.6) is 0 Å². The van der Waals surface area contributed by atoms with Gasteiger partial charge in [0.1, 0.15) is 14.1 Å². The first kappa shape index (κ1) is 7.18. The molecule has 0 aliphatic rings. The van der Waals surface area contributed by atoms with Gasteiger partial charge in [0.25, 0.3) is 0 Å². The number of rotatable bonds is 1. The van der Waals surface area contributed by atoms with Crippen molar-refractivity contribution in [3.8, 4) is 0 Å². The van der Waals surface area contributed by atoms with Gasteiger partial charge in [0.15, 0.2) is 5.69 Å². The topological polar surface area (TPSA) is 33.1 Å². The smallest absolute Gasteiger partial charge is 0.167 e. The summed E-state index contributed by atoms with van der Waals surface area (Å²) in [5, 5.41) is 9.40. The van der Waals surface area contributed by atoms with E-state index < -0.39 is 0 Å². The van der Waals surface area contributed by atoms with E-state index in [9.17, 15) is 5.21 Å². The molecule has 1 heterocycles. The summed E-state index contributed by atoms with van der Waals surface area (Å²) in [5.74, 6) is 0. The van der Waals surface area contributed by atoms with Crippen molar-refractivity contribution in [3.63, 3.8) is 0 Å². The summed E-state index contributed by atoms with van der Waals surface area (Å²) in [6.45, 7) is 0. The van der Waals surface area contributed by atoms with Gasteiger partial charge in [-0.15, -0.1) is 0 Å². The van der Waals surface area contributed by atoms with Gasteiger partial charge < -0.3 is 0 Å². The van der Waals surface area contributed by atoms with Gasteiger partial charge in [0.05, 0.1) is 0 Å². The second-order valence-corrected chi connectivity index (χ2v) is 2.60. The van der Waals surface area contributed by atoms with Crippen molar-refractivity contribution in [2.45, 2.75) is 0 Å². The predicted octanol–water partition coefficient (Wildman–Crippen LogP) is 1.04. The van der Waals surface area contributed by atoms with E-state index >= 15 is 0 Å². The normalized spacial score (nSPS) is 11.5. The highest BCUT2D eigenvalue weighted by molar-refractivity contribution is 5.36. The Morgan fingerprint density at radius 1 is 1.30 bits per heavy atom. The van der Waals surface area contributed by atoms with E-state index in [0.29, 0.717) is 0 Å².